The summed E-state index contributed by atoms with van der Waals surface area (Å²) in [5, 5.41) is 8.54. The van der Waals surface area contributed by atoms with Crippen LogP contribution in [0.2, 0.25) is 0 Å². The minimum atomic E-state index is 0.641. The summed E-state index contributed by atoms with van der Waals surface area (Å²) in [6.07, 6.45) is 9.62. The maximum atomic E-state index is 8.54. The van der Waals surface area contributed by atoms with Crippen LogP contribution in [0.25, 0.3) is 0 Å². The summed E-state index contributed by atoms with van der Waals surface area (Å²) >= 11 is 1.77. The third-order valence-electron chi connectivity index (χ3n) is 5.59. The van der Waals surface area contributed by atoms with Crippen molar-refractivity contribution in [2.24, 2.45) is 5.92 Å². The molecule has 0 aromatic rings. The van der Waals surface area contributed by atoms with Gasteiger partial charge in [0.15, 0.2) is 0 Å². The molecule has 0 aromatic carbocycles. The lowest BCUT2D eigenvalue weighted by Gasteiger charge is -2.42. The molecule has 3 nitrogen and oxygen atoms in total. The van der Waals surface area contributed by atoms with E-state index in [1.165, 1.54) is 64.6 Å². The van der Waals surface area contributed by atoms with Crippen LogP contribution in [0.5, 0.6) is 0 Å². The summed E-state index contributed by atoms with van der Waals surface area (Å²) in [6.45, 7) is 6.20. The number of nitrogens with zero attached hydrogens (tertiary/aromatic N) is 3. The minimum Gasteiger partial charge on any atom is -0.303 e. The molecule has 22 heavy (non-hydrogen) atoms. The molecule has 1 aliphatic carbocycles. The number of hydrogen-bond acceptors (Lipinski definition) is 4. The van der Waals surface area contributed by atoms with Gasteiger partial charge in [-0.1, -0.05) is 6.92 Å². The summed E-state index contributed by atoms with van der Waals surface area (Å²) in [7, 11) is 2.29. The van der Waals surface area contributed by atoms with E-state index in [0.717, 1.165) is 23.8 Å². The van der Waals surface area contributed by atoms with Gasteiger partial charge in [0.25, 0.3) is 0 Å². The van der Waals surface area contributed by atoms with Gasteiger partial charge in [-0.2, -0.15) is 5.26 Å². The predicted octanol–water partition coefficient (Wildman–Crippen LogP) is 3.61. The fourth-order valence-electron chi connectivity index (χ4n) is 4.02. The molecule has 0 amide bonds. The fourth-order valence-corrected chi connectivity index (χ4v) is 4.58. The second-order valence-corrected chi connectivity index (χ2v) is 8.33. The summed E-state index contributed by atoms with van der Waals surface area (Å²) < 4.78 is 0. The average Bonchev–Trinajstić information content (AvgIpc) is 2.55. The first kappa shape index (κ1) is 18.1. The number of rotatable bonds is 7. The SMILES string of the molecule is CC1CCC(N2CCC(N(C)CCCSCC#N)CC2)CC1. The molecule has 4 heteroatoms. The van der Waals surface area contributed by atoms with E-state index < -0.39 is 0 Å². The molecule has 1 saturated heterocycles. The molecule has 2 fully saturated rings. The van der Waals surface area contributed by atoms with E-state index in [1.54, 1.807) is 11.8 Å². The monoisotopic (exact) mass is 323 g/mol. The maximum Gasteiger partial charge on any atom is 0.0808 e. The molecule has 0 radical (unpaired) electrons. The van der Waals surface area contributed by atoms with Crippen molar-refractivity contribution < 1.29 is 0 Å². The van der Waals surface area contributed by atoms with E-state index in [0.29, 0.717) is 5.75 Å². The smallest absolute Gasteiger partial charge is 0.0808 e. The molecule has 0 spiro atoms. The van der Waals surface area contributed by atoms with Crippen LogP contribution >= 0.6 is 11.8 Å². The summed E-state index contributed by atoms with van der Waals surface area (Å²) in [5.74, 6) is 2.72. The molecule has 2 aliphatic rings. The molecule has 0 atom stereocenters. The lowest BCUT2D eigenvalue weighted by atomic mass is 9.85. The standard InChI is InChI=1S/C18H33N3S/c1-16-4-6-18(7-5-16)21-12-8-17(9-13-21)20(2)11-3-14-22-15-10-19/h16-18H,3-9,11-15H2,1-2H3. The van der Waals surface area contributed by atoms with Crippen LogP contribution in [0, 0.1) is 17.2 Å². The molecule has 2 rings (SSSR count). The van der Waals surface area contributed by atoms with E-state index in [4.69, 9.17) is 5.26 Å². The Morgan fingerprint density at radius 2 is 1.82 bits per heavy atom. The number of hydrogen-bond donors (Lipinski definition) is 0. The third-order valence-corrected chi connectivity index (χ3v) is 6.50. The van der Waals surface area contributed by atoms with Crippen LogP contribution in [0.3, 0.4) is 0 Å². The van der Waals surface area contributed by atoms with Gasteiger partial charge in [-0.25, -0.2) is 0 Å². The van der Waals surface area contributed by atoms with Gasteiger partial charge in [0.05, 0.1) is 11.8 Å². The van der Waals surface area contributed by atoms with E-state index in [9.17, 15) is 0 Å². The van der Waals surface area contributed by atoms with Gasteiger partial charge in [-0.05, 0) is 83.3 Å². The summed E-state index contributed by atoms with van der Waals surface area (Å²) in [4.78, 5) is 5.34. The van der Waals surface area contributed by atoms with Crippen LogP contribution in [0.15, 0.2) is 0 Å². The highest BCUT2D eigenvalue weighted by Crippen LogP contribution is 2.29. The molecular formula is C18H33N3S. The normalized spacial score (nSPS) is 27.9. The zero-order valence-corrected chi connectivity index (χ0v) is 15.3. The topological polar surface area (TPSA) is 30.3 Å². The van der Waals surface area contributed by atoms with E-state index in [2.05, 4.69) is 29.8 Å². The van der Waals surface area contributed by atoms with Crippen LogP contribution in [-0.4, -0.2) is 60.1 Å². The number of nitriles is 1. The molecular weight excluding hydrogens is 290 g/mol. The van der Waals surface area contributed by atoms with Crippen molar-refractivity contribution in [3.05, 3.63) is 0 Å². The molecule has 1 aliphatic heterocycles. The van der Waals surface area contributed by atoms with Crippen LogP contribution in [0.4, 0.5) is 0 Å². The number of piperidine rings is 1. The Morgan fingerprint density at radius 3 is 2.45 bits per heavy atom. The Morgan fingerprint density at radius 1 is 1.14 bits per heavy atom. The van der Waals surface area contributed by atoms with Gasteiger partial charge in [-0.3, -0.25) is 0 Å². The van der Waals surface area contributed by atoms with Crippen molar-refractivity contribution in [2.75, 3.05) is 38.2 Å². The molecule has 1 saturated carbocycles. The highest BCUT2D eigenvalue weighted by atomic mass is 32.2. The Balaban J connectivity index is 1.61. The number of thioether (sulfide) groups is 1. The van der Waals surface area contributed by atoms with Gasteiger partial charge in [0.2, 0.25) is 0 Å². The largest absolute Gasteiger partial charge is 0.303 e. The van der Waals surface area contributed by atoms with Crippen molar-refractivity contribution in [1.29, 1.82) is 5.26 Å². The maximum absolute atomic E-state index is 8.54. The zero-order chi connectivity index (χ0) is 15.8. The lowest BCUT2D eigenvalue weighted by molar-refractivity contribution is 0.0747. The van der Waals surface area contributed by atoms with Gasteiger partial charge >= 0.3 is 0 Å². The fraction of sp³-hybridized carbons (Fsp3) is 0.944. The van der Waals surface area contributed by atoms with Crippen molar-refractivity contribution in [1.82, 2.24) is 9.80 Å². The quantitative estimate of drug-likeness (QED) is 0.670. The van der Waals surface area contributed by atoms with E-state index in [1.807, 2.05) is 0 Å². The Bertz CT molecular complexity index is 339. The Kier molecular flexibility index (Phi) is 8.06. The van der Waals surface area contributed by atoms with Gasteiger partial charge in [0, 0.05) is 12.1 Å². The van der Waals surface area contributed by atoms with Crippen LogP contribution < -0.4 is 0 Å². The van der Waals surface area contributed by atoms with Crippen LogP contribution in [-0.2, 0) is 0 Å². The Hall–Kier alpha value is -0.240. The van der Waals surface area contributed by atoms with Crippen molar-refractivity contribution in [3.63, 3.8) is 0 Å². The van der Waals surface area contributed by atoms with Gasteiger partial charge in [-0.15, -0.1) is 11.8 Å². The highest BCUT2D eigenvalue weighted by molar-refractivity contribution is 7.99. The van der Waals surface area contributed by atoms with Gasteiger partial charge in [0.1, 0.15) is 0 Å². The molecule has 0 aromatic heterocycles. The van der Waals surface area contributed by atoms with Gasteiger partial charge < -0.3 is 9.80 Å². The van der Waals surface area contributed by atoms with Crippen molar-refractivity contribution >= 4 is 11.8 Å². The third kappa shape index (κ3) is 5.76. The molecule has 1 heterocycles. The van der Waals surface area contributed by atoms with Crippen molar-refractivity contribution in [3.8, 4) is 6.07 Å². The summed E-state index contributed by atoms with van der Waals surface area (Å²) in [5.41, 5.74) is 0. The number of likely N-dealkylation sites (tertiary alicyclic amines) is 1. The van der Waals surface area contributed by atoms with E-state index in [-0.39, 0.29) is 0 Å². The highest BCUT2D eigenvalue weighted by Gasteiger charge is 2.28. The average molecular weight is 324 g/mol. The second-order valence-electron chi connectivity index (χ2n) is 7.23. The zero-order valence-electron chi connectivity index (χ0n) is 14.5. The lowest BCUT2D eigenvalue weighted by Crippen LogP contribution is -2.48. The first-order valence-corrected chi connectivity index (χ1v) is 10.2. The Labute approximate surface area is 141 Å². The second kappa shape index (κ2) is 9.80. The van der Waals surface area contributed by atoms with Crippen LogP contribution in [0.1, 0.15) is 51.9 Å². The molecule has 126 valence electrons. The van der Waals surface area contributed by atoms with E-state index >= 15 is 0 Å². The predicted molar refractivity (Wildman–Crippen MR) is 96.2 cm³/mol. The van der Waals surface area contributed by atoms with Crippen molar-refractivity contribution in [2.45, 2.75) is 64.0 Å². The summed E-state index contributed by atoms with van der Waals surface area (Å²) in [6, 6.07) is 3.86. The molecule has 0 N–H and O–H groups in total. The molecule has 0 bridgehead atoms. The minimum absolute atomic E-state index is 0.641. The first-order chi connectivity index (χ1) is 10.7. The first-order valence-electron chi connectivity index (χ1n) is 9.09. The molecule has 0 unspecified atom stereocenters.